The zero-order valence-corrected chi connectivity index (χ0v) is 23.1. The van der Waals surface area contributed by atoms with Crippen LogP contribution in [-0.2, 0) is 22.6 Å². The normalized spacial score (nSPS) is 14.2. The van der Waals surface area contributed by atoms with Crippen molar-refractivity contribution in [2.75, 3.05) is 6.61 Å². The molecule has 0 aromatic heterocycles. The Morgan fingerprint density at radius 3 is 2.32 bits per heavy atom. The molecule has 3 aromatic carbocycles. The molecular weight excluding hydrogens is 472 g/mol. The third-order valence-corrected chi connectivity index (χ3v) is 7.69. The third kappa shape index (κ3) is 7.03. The quantitative estimate of drug-likeness (QED) is 0.363. The first-order valence-corrected chi connectivity index (χ1v) is 13.7. The van der Waals surface area contributed by atoms with Gasteiger partial charge in [0.25, 0.3) is 5.91 Å². The number of carbonyl (C=O) groups excluding carboxylic acids is 2. The summed E-state index contributed by atoms with van der Waals surface area (Å²) < 4.78 is 6.10. The van der Waals surface area contributed by atoms with Crippen LogP contribution in [0.25, 0.3) is 0 Å². The van der Waals surface area contributed by atoms with E-state index in [0.717, 1.165) is 59.1 Å². The van der Waals surface area contributed by atoms with E-state index in [4.69, 9.17) is 4.74 Å². The molecule has 3 aromatic rings. The lowest BCUT2D eigenvalue weighted by molar-refractivity contribution is -0.143. The summed E-state index contributed by atoms with van der Waals surface area (Å²) in [6, 6.07) is 21.6. The SMILES string of the molecule is Cc1cc(C)c(C)c(OCC(=O)N(Cc2ccccc2C)C(Cc2ccccc2)C(=O)NC2CCCC2)c1. The van der Waals surface area contributed by atoms with Crippen molar-refractivity contribution in [2.45, 2.75) is 78.4 Å². The van der Waals surface area contributed by atoms with Crippen molar-refractivity contribution >= 4 is 11.8 Å². The molecule has 1 atom stereocenters. The van der Waals surface area contributed by atoms with Gasteiger partial charge in [0.2, 0.25) is 5.91 Å². The minimum absolute atomic E-state index is 0.0923. The lowest BCUT2D eigenvalue weighted by Crippen LogP contribution is -2.53. The molecule has 5 heteroatoms. The van der Waals surface area contributed by atoms with Crippen LogP contribution in [0.1, 0.15) is 59.1 Å². The number of hydrogen-bond acceptors (Lipinski definition) is 3. The first kappa shape index (κ1) is 27.4. The number of amides is 2. The van der Waals surface area contributed by atoms with Gasteiger partial charge in [0, 0.05) is 19.0 Å². The fourth-order valence-electron chi connectivity index (χ4n) is 5.27. The van der Waals surface area contributed by atoms with Gasteiger partial charge in [-0.3, -0.25) is 9.59 Å². The second-order valence-electron chi connectivity index (χ2n) is 10.6. The number of hydrogen-bond donors (Lipinski definition) is 1. The second-order valence-corrected chi connectivity index (χ2v) is 10.6. The van der Waals surface area contributed by atoms with Crippen molar-refractivity contribution in [3.8, 4) is 5.75 Å². The average molecular weight is 513 g/mol. The molecule has 0 saturated heterocycles. The molecule has 5 nitrogen and oxygen atoms in total. The maximum Gasteiger partial charge on any atom is 0.261 e. The molecule has 1 saturated carbocycles. The summed E-state index contributed by atoms with van der Waals surface area (Å²) in [6.07, 6.45) is 4.68. The van der Waals surface area contributed by atoms with E-state index >= 15 is 0 Å². The van der Waals surface area contributed by atoms with Gasteiger partial charge in [0.05, 0.1) is 0 Å². The third-order valence-electron chi connectivity index (χ3n) is 7.69. The molecule has 200 valence electrons. The zero-order valence-electron chi connectivity index (χ0n) is 23.1. The predicted molar refractivity (Wildman–Crippen MR) is 152 cm³/mol. The van der Waals surface area contributed by atoms with Gasteiger partial charge in [-0.25, -0.2) is 0 Å². The van der Waals surface area contributed by atoms with Gasteiger partial charge >= 0.3 is 0 Å². The Morgan fingerprint density at radius 2 is 1.61 bits per heavy atom. The summed E-state index contributed by atoms with van der Waals surface area (Å²) in [5.41, 5.74) is 6.37. The van der Waals surface area contributed by atoms with Gasteiger partial charge < -0.3 is 15.0 Å². The maximum atomic E-state index is 13.9. The highest BCUT2D eigenvalue weighted by atomic mass is 16.5. The van der Waals surface area contributed by atoms with Crippen LogP contribution in [-0.4, -0.2) is 35.4 Å². The molecule has 0 bridgehead atoms. The van der Waals surface area contributed by atoms with Crippen molar-refractivity contribution in [1.29, 1.82) is 0 Å². The summed E-state index contributed by atoms with van der Waals surface area (Å²) in [5, 5.41) is 3.26. The van der Waals surface area contributed by atoms with E-state index in [0.29, 0.717) is 18.7 Å². The topological polar surface area (TPSA) is 58.6 Å². The van der Waals surface area contributed by atoms with E-state index in [9.17, 15) is 9.59 Å². The highest BCUT2D eigenvalue weighted by molar-refractivity contribution is 5.88. The van der Waals surface area contributed by atoms with Crippen LogP contribution in [0.2, 0.25) is 0 Å². The van der Waals surface area contributed by atoms with Gasteiger partial charge in [0.1, 0.15) is 11.8 Å². The lowest BCUT2D eigenvalue weighted by atomic mass is 10.0. The largest absolute Gasteiger partial charge is 0.483 e. The Hall–Kier alpha value is -3.60. The number of nitrogens with zero attached hydrogens (tertiary/aromatic N) is 1. The number of ether oxygens (including phenoxy) is 1. The van der Waals surface area contributed by atoms with Crippen LogP contribution in [0.4, 0.5) is 0 Å². The van der Waals surface area contributed by atoms with Crippen molar-refractivity contribution in [2.24, 2.45) is 0 Å². The Morgan fingerprint density at radius 1 is 0.921 bits per heavy atom. The molecule has 0 aliphatic heterocycles. The molecule has 0 radical (unpaired) electrons. The number of nitrogens with one attached hydrogen (secondary N) is 1. The Bertz CT molecular complexity index is 1250. The summed E-state index contributed by atoms with van der Waals surface area (Å²) in [4.78, 5) is 29.4. The first-order valence-electron chi connectivity index (χ1n) is 13.7. The highest BCUT2D eigenvalue weighted by Crippen LogP contribution is 2.24. The van der Waals surface area contributed by atoms with E-state index in [-0.39, 0.29) is 24.5 Å². The summed E-state index contributed by atoms with van der Waals surface area (Å²) in [6.45, 7) is 8.33. The zero-order chi connectivity index (χ0) is 27.1. The van der Waals surface area contributed by atoms with Crippen LogP contribution in [0.3, 0.4) is 0 Å². The molecule has 4 rings (SSSR count). The van der Waals surface area contributed by atoms with E-state index in [2.05, 4.69) is 11.4 Å². The monoisotopic (exact) mass is 512 g/mol. The molecular formula is C33H40N2O3. The average Bonchev–Trinajstić information content (AvgIpc) is 3.41. The highest BCUT2D eigenvalue weighted by Gasteiger charge is 2.32. The van der Waals surface area contributed by atoms with E-state index in [1.165, 1.54) is 0 Å². The van der Waals surface area contributed by atoms with Crippen molar-refractivity contribution < 1.29 is 14.3 Å². The van der Waals surface area contributed by atoms with Crippen LogP contribution in [0, 0.1) is 27.7 Å². The molecule has 1 aliphatic rings. The van der Waals surface area contributed by atoms with Gasteiger partial charge in [-0.05, 0) is 80.0 Å². The van der Waals surface area contributed by atoms with Crippen molar-refractivity contribution in [1.82, 2.24) is 10.2 Å². The number of rotatable bonds is 10. The minimum Gasteiger partial charge on any atom is -0.483 e. The van der Waals surface area contributed by atoms with E-state index in [1.54, 1.807) is 4.90 Å². The van der Waals surface area contributed by atoms with Gasteiger partial charge in [0.15, 0.2) is 6.61 Å². The van der Waals surface area contributed by atoms with Gasteiger partial charge in [-0.15, -0.1) is 0 Å². The van der Waals surface area contributed by atoms with E-state index < -0.39 is 6.04 Å². The smallest absolute Gasteiger partial charge is 0.261 e. The minimum atomic E-state index is -0.644. The molecule has 1 unspecified atom stereocenters. The van der Waals surface area contributed by atoms with Crippen molar-refractivity contribution in [3.05, 3.63) is 100 Å². The fraction of sp³-hybridized carbons (Fsp3) is 0.394. The number of benzene rings is 3. The first-order chi connectivity index (χ1) is 18.3. The maximum absolute atomic E-state index is 13.9. The van der Waals surface area contributed by atoms with Crippen LogP contribution in [0.15, 0.2) is 66.7 Å². The fourth-order valence-corrected chi connectivity index (χ4v) is 5.27. The van der Waals surface area contributed by atoms with E-state index in [1.807, 2.05) is 88.4 Å². The van der Waals surface area contributed by atoms with Crippen LogP contribution in [0.5, 0.6) is 5.75 Å². The summed E-state index contributed by atoms with van der Waals surface area (Å²) in [7, 11) is 0. The molecule has 38 heavy (non-hydrogen) atoms. The molecule has 2 amide bonds. The van der Waals surface area contributed by atoms with Crippen molar-refractivity contribution in [3.63, 3.8) is 0 Å². The molecule has 1 fully saturated rings. The second kappa shape index (κ2) is 12.8. The Balaban J connectivity index is 1.64. The molecule has 0 spiro atoms. The standard InChI is InChI=1S/C33H40N2O3/c1-23-18-25(3)26(4)31(19-23)38-22-32(36)35(21-28-15-9-8-12-24(28)2)30(20-27-13-6-5-7-14-27)33(37)34-29-16-10-11-17-29/h5-9,12-15,18-19,29-30H,10-11,16-17,20-22H2,1-4H3,(H,34,37). The van der Waals surface area contributed by atoms with Gasteiger partial charge in [-0.2, -0.15) is 0 Å². The summed E-state index contributed by atoms with van der Waals surface area (Å²) >= 11 is 0. The Labute approximate surface area is 227 Å². The lowest BCUT2D eigenvalue weighted by Gasteiger charge is -2.32. The van der Waals surface area contributed by atoms with Crippen LogP contribution < -0.4 is 10.1 Å². The Kier molecular flexibility index (Phi) is 9.22. The van der Waals surface area contributed by atoms with Crippen LogP contribution >= 0.6 is 0 Å². The molecule has 0 heterocycles. The predicted octanol–water partition coefficient (Wildman–Crippen LogP) is 6.00. The number of aryl methyl sites for hydroxylation is 3. The van der Waals surface area contributed by atoms with Gasteiger partial charge in [-0.1, -0.05) is 73.5 Å². The molecule has 1 N–H and O–H groups in total. The number of carbonyl (C=O) groups is 2. The summed E-state index contributed by atoms with van der Waals surface area (Å²) in [5.74, 6) is 0.418. The molecule has 1 aliphatic carbocycles.